The minimum atomic E-state index is -0.0617. The summed E-state index contributed by atoms with van der Waals surface area (Å²) in [6, 6.07) is 0. The molecule has 28 heavy (non-hydrogen) atoms. The summed E-state index contributed by atoms with van der Waals surface area (Å²) in [5, 5.41) is 0. The van der Waals surface area contributed by atoms with Gasteiger partial charge in [0.1, 0.15) is 5.78 Å². The fourth-order valence-electron chi connectivity index (χ4n) is 8.67. The van der Waals surface area contributed by atoms with Crippen LogP contribution in [0.15, 0.2) is 0 Å². The first-order valence-electron chi connectivity index (χ1n) is 11.9. The third-order valence-corrected chi connectivity index (χ3v) is 10.3. The van der Waals surface area contributed by atoms with Crippen molar-refractivity contribution in [2.45, 2.75) is 91.4 Å². The van der Waals surface area contributed by atoms with Crippen LogP contribution >= 0.6 is 0 Å². The van der Waals surface area contributed by atoms with Gasteiger partial charge in [-0.2, -0.15) is 0 Å². The van der Waals surface area contributed by atoms with Gasteiger partial charge >= 0.3 is 5.97 Å². The Kier molecular flexibility index (Phi) is 5.42. The van der Waals surface area contributed by atoms with Gasteiger partial charge in [-0.1, -0.05) is 20.8 Å². The second-order valence-electron chi connectivity index (χ2n) is 11.2. The molecule has 4 rings (SSSR count). The SMILES string of the molecule is COC(=O)CC[C@@H](C)[C@H]1CCC2C3CC[C@H]4CC(=O)CCC4(C)C3CC[C@@]21C. The molecule has 0 radical (unpaired) electrons. The number of ether oxygens (including phenoxy) is 1. The summed E-state index contributed by atoms with van der Waals surface area (Å²) >= 11 is 0. The number of carbonyl (C=O) groups excluding carboxylic acids is 2. The van der Waals surface area contributed by atoms with Crippen LogP contribution in [-0.2, 0) is 14.3 Å². The summed E-state index contributed by atoms with van der Waals surface area (Å²) in [4.78, 5) is 23.7. The number of hydrogen-bond donors (Lipinski definition) is 0. The Morgan fingerprint density at radius 2 is 1.82 bits per heavy atom. The van der Waals surface area contributed by atoms with Crippen LogP contribution in [0.2, 0.25) is 0 Å². The van der Waals surface area contributed by atoms with Crippen molar-refractivity contribution in [1.82, 2.24) is 0 Å². The van der Waals surface area contributed by atoms with Gasteiger partial charge in [0, 0.05) is 19.3 Å². The van der Waals surface area contributed by atoms with Gasteiger partial charge in [0.2, 0.25) is 0 Å². The number of methoxy groups -OCH3 is 1. The molecule has 0 aromatic heterocycles. The molecule has 0 N–H and O–H groups in total. The molecule has 3 heteroatoms. The number of rotatable bonds is 4. The normalized spacial score (nSPS) is 46.3. The van der Waals surface area contributed by atoms with Crippen LogP contribution < -0.4 is 0 Å². The van der Waals surface area contributed by atoms with E-state index in [1.165, 1.54) is 45.6 Å². The number of esters is 1. The monoisotopic (exact) mass is 388 g/mol. The largest absolute Gasteiger partial charge is 0.469 e. The number of ketones is 1. The second kappa shape index (κ2) is 7.43. The van der Waals surface area contributed by atoms with Crippen molar-refractivity contribution in [2.24, 2.45) is 46.3 Å². The van der Waals surface area contributed by atoms with Gasteiger partial charge in [-0.3, -0.25) is 9.59 Å². The third kappa shape index (κ3) is 3.16. The first kappa shape index (κ1) is 20.4. The molecule has 4 saturated carbocycles. The second-order valence-corrected chi connectivity index (χ2v) is 11.2. The lowest BCUT2D eigenvalue weighted by atomic mass is 9.44. The van der Waals surface area contributed by atoms with Gasteiger partial charge in [-0.15, -0.1) is 0 Å². The average Bonchev–Trinajstić information content (AvgIpc) is 3.03. The van der Waals surface area contributed by atoms with Crippen LogP contribution in [0.1, 0.15) is 91.4 Å². The summed E-state index contributed by atoms with van der Waals surface area (Å²) in [5.74, 6) is 5.01. The zero-order valence-electron chi connectivity index (χ0n) is 18.5. The summed E-state index contributed by atoms with van der Waals surface area (Å²) < 4.78 is 4.87. The Morgan fingerprint density at radius 3 is 2.57 bits per heavy atom. The molecule has 4 aliphatic carbocycles. The van der Waals surface area contributed by atoms with Crippen LogP contribution in [-0.4, -0.2) is 18.9 Å². The smallest absolute Gasteiger partial charge is 0.305 e. The van der Waals surface area contributed by atoms with Crippen molar-refractivity contribution in [1.29, 1.82) is 0 Å². The molecule has 0 aliphatic heterocycles. The van der Waals surface area contributed by atoms with E-state index >= 15 is 0 Å². The van der Waals surface area contributed by atoms with E-state index in [0.29, 0.717) is 34.9 Å². The van der Waals surface area contributed by atoms with Crippen LogP contribution in [0.3, 0.4) is 0 Å². The summed E-state index contributed by atoms with van der Waals surface area (Å²) in [6.07, 6.45) is 12.4. The van der Waals surface area contributed by atoms with Crippen LogP contribution in [0.5, 0.6) is 0 Å². The predicted octanol–water partition coefficient (Wildman–Crippen LogP) is 5.80. The minimum absolute atomic E-state index is 0.0617. The predicted molar refractivity (Wildman–Crippen MR) is 111 cm³/mol. The number of hydrogen-bond acceptors (Lipinski definition) is 3. The van der Waals surface area contributed by atoms with E-state index in [0.717, 1.165) is 49.4 Å². The van der Waals surface area contributed by atoms with Crippen LogP contribution in [0.25, 0.3) is 0 Å². The minimum Gasteiger partial charge on any atom is -0.469 e. The molecular formula is C25H40O3. The van der Waals surface area contributed by atoms with Gasteiger partial charge in [0.15, 0.2) is 0 Å². The molecule has 0 bridgehead atoms. The number of carbonyl (C=O) groups is 2. The zero-order valence-corrected chi connectivity index (χ0v) is 18.5. The molecular weight excluding hydrogens is 348 g/mol. The van der Waals surface area contributed by atoms with Gasteiger partial charge < -0.3 is 4.74 Å². The van der Waals surface area contributed by atoms with E-state index in [2.05, 4.69) is 20.8 Å². The molecule has 3 nitrogen and oxygen atoms in total. The fraction of sp³-hybridized carbons (Fsp3) is 0.920. The molecule has 158 valence electrons. The van der Waals surface area contributed by atoms with Crippen molar-refractivity contribution in [3.63, 3.8) is 0 Å². The van der Waals surface area contributed by atoms with E-state index < -0.39 is 0 Å². The first-order chi connectivity index (χ1) is 13.3. The molecule has 0 amide bonds. The Labute approximate surface area is 171 Å². The van der Waals surface area contributed by atoms with E-state index in [-0.39, 0.29) is 5.97 Å². The molecule has 0 aromatic rings. The maximum absolute atomic E-state index is 12.1. The van der Waals surface area contributed by atoms with Crippen molar-refractivity contribution < 1.29 is 14.3 Å². The van der Waals surface area contributed by atoms with Crippen LogP contribution in [0, 0.1) is 46.3 Å². The van der Waals surface area contributed by atoms with E-state index in [4.69, 9.17) is 4.74 Å². The molecule has 0 aromatic carbocycles. The number of fused-ring (bicyclic) bond motifs is 5. The fourth-order valence-corrected chi connectivity index (χ4v) is 8.67. The molecule has 0 heterocycles. The quantitative estimate of drug-likeness (QED) is 0.571. The first-order valence-corrected chi connectivity index (χ1v) is 11.9. The third-order valence-electron chi connectivity index (χ3n) is 10.3. The molecule has 4 unspecified atom stereocenters. The lowest BCUT2D eigenvalue weighted by molar-refractivity contribution is -0.141. The number of Topliss-reactive ketones (excluding diaryl/α,β-unsaturated/α-hetero) is 1. The van der Waals surface area contributed by atoms with Crippen molar-refractivity contribution in [2.75, 3.05) is 7.11 Å². The molecule has 4 aliphatic rings. The van der Waals surface area contributed by atoms with Gasteiger partial charge in [0.25, 0.3) is 0 Å². The van der Waals surface area contributed by atoms with Crippen LogP contribution in [0.4, 0.5) is 0 Å². The summed E-state index contributed by atoms with van der Waals surface area (Å²) in [6.45, 7) is 7.49. The molecule has 4 fully saturated rings. The van der Waals surface area contributed by atoms with E-state index in [1.54, 1.807) is 0 Å². The Bertz CT molecular complexity index is 627. The van der Waals surface area contributed by atoms with Gasteiger partial charge in [0.05, 0.1) is 7.11 Å². The Hall–Kier alpha value is -0.860. The average molecular weight is 389 g/mol. The highest BCUT2D eigenvalue weighted by Crippen LogP contribution is 2.68. The highest BCUT2D eigenvalue weighted by molar-refractivity contribution is 5.79. The molecule has 0 spiro atoms. The summed E-state index contributed by atoms with van der Waals surface area (Å²) in [5.41, 5.74) is 0.858. The Morgan fingerprint density at radius 1 is 1.07 bits per heavy atom. The van der Waals surface area contributed by atoms with Crippen molar-refractivity contribution in [3.05, 3.63) is 0 Å². The van der Waals surface area contributed by atoms with Gasteiger partial charge in [-0.05, 0) is 97.7 Å². The van der Waals surface area contributed by atoms with E-state index in [9.17, 15) is 9.59 Å². The maximum atomic E-state index is 12.1. The summed E-state index contributed by atoms with van der Waals surface area (Å²) in [7, 11) is 1.50. The highest BCUT2D eigenvalue weighted by Gasteiger charge is 2.60. The van der Waals surface area contributed by atoms with Crippen molar-refractivity contribution >= 4 is 11.8 Å². The van der Waals surface area contributed by atoms with Crippen molar-refractivity contribution in [3.8, 4) is 0 Å². The standard InChI is InChI=1S/C25H40O3/c1-16(5-10-23(27)28-4)20-8-9-21-19-7-6-17-15-18(26)11-13-24(17,2)22(19)12-14-25(20,21)3/h16-17,19-22H,5-15H2,1-4H3/t16-,17+,19?,20-,21?,22?,24?,25-/m1/s1. The van der Waals surface area contributed by atoms with Gasteiger partial charge in [-0.25, -0.2) is 0 Å². The highest BCUT2D eigenvalue weighted by atomic mass is 16.5. The Balaban J connectivity index is 1.49. The maximum Gasteiger partial charge on any atom is 0.305 e. The topological polar surface area (TPSA) is 43.4 Å². The molecule has 8 atom stereocenters. The molecule has 0 saturated heterocycles. The van der Waals surface area contributed by atoms with E-state index in [1.807, 2.05) is 0 Å². The lowest BCUT2D eigenvalue weighted by Gasteiger charge is -2.60. The zero-order chi connectivity index (χ0) is 20.1. The lowest BCUT2D eigenvalue weighted by Crippen LogP contribution is -2.53.